The molecule has 1 aromatic rings. The van der Waals surface area contributed by atoms with Crippen molar-refractivity contribution in [3.8, 4) is 5.40 Å². The summed E-state index contributed by atoms with van der Waals surface area (Å²) >= 11 is 1.25. The van der Waals surface area contributed by atoms with E-state index in [4.69, 9.17) is 5.26 Å². The predicted octanol–water partition coefficient (Wildman–Crippen LogP) is 1.70. The lowest BCUT2D eigenvalue weighted by molar-refractivity contribution is 0.767. The minimum atomic E-state index is 0.216. The van der Waals surface area contributed by atoms with Gasteiger partial charge in [0, 0.05) is 24.1 Å². The van der Waals surface area contributed by atoms with Gasteiger partial charge in [-0.25, -0.2) is 0 Å². The third-order valence-electron chi connectivity index (χ3n) is 1.42. The normalized spacial score (nSPS) is 12.5. The first-order valence-corrected chi connectivity index (χ1v) is 4.15. The molecule has 0 unspecified atom stereocenters. The van der Waals surface area contributed by atoms with E-state index < -0.39 is 0 Å². The van der Waals surface area contributed by atoms with Crippen molar-refractivity contribution in [1.82, 2.24) is 9.78 Å². The monoisotopic (exact) mass is 167 g/mol. The first kappa shape index (κ1) is 8.15. The molecule has 3 nitrogen and oxygen atoms in total. The molecule has 0 saturated carbocycles. The van der Waals surface area contributed by atoms with Gasteiger partial charge in [-0.15, -0.1) is 0 Å². The Labute approximate surface area is 70.0 Å². The summed E-state index contributed by atoms with van der Waals surface area (Å²) in [5.41, 5.74) is 1.10. The lowest BCUT2D eigenvalue weighted by Gasteiger charge is -1.99. The second kappa shape index (κ2) is 3.44. The number of aromatic nitrogens is 2. The number of nitrogens with zero attached hydrogens (tertiary/aromatic N) is 3. The van der Waals surface area contributed by atoms with Gasteiger partial charge in [-0.1, -0.05) is 0 Å². The number of nitriles is 1. The zero-order valence-corrected chi connectivity index (χ0v) is 7.30. The number of thioether (sulfide) groups is 1. The van der Waals surface area contributed by atoms with E-state index in [-0.39, 0.29) is 5.25 Å². The molecular formula is C7H9N3S. The van der Waals surface area contributed by atoms with Crippen LogP contribution in [0.4, 0.5) is 0 Å². The van der Waals surface area contributed by atoms with Crippen LogP contribution in [-0.2, 0) is 7.05 Å². The largest absolute Gasteiger partial charge is 0.276 e. The van der Waals surface area contributed by atoms with E-state index in [0.29, 0.717) is 0 Å². The van der Waals surface area contributed by atoms with Crippen molar-refractivity contribution in [2.45, 2.75) is 12.2 Å². The van der Waals surface area contributed by atoms with Crippen LogP contribution in [0.1, 0.15) is 17.7 Å². The number of aryl methyl sites for hydroxylation is 1. The SMILES string of the molecule is C[C@H](SC#N)c1cnn(C)c1. The highest BCUT2D eigenvalue weighted by Gasteiger charge is 2.06. The second-order valence-electron chi connectivity index (χ2n) is 2.30. The molecule has 0 saturated heterocycles. The quantitative estimate of drug-likeness (QED) is 0.629. The maximum Gasteiger partial charge on any atom is 0.133 e. The molecule has 0 fully saturated rings. The maximum absolute atomic E-state index is 8.39. The van der Waals surface area contributed by atoms with Crippen molar-refractivity contribution in [3.05, 3.63) is 18.0 Å². The van der Waals surface area contributed by atoms with Crippen molar-refractivity contribution in [2.75, 3.05) is 0 Å². The van der Waals surface area contributed by atoms with Crippen LogP contribution < -0.4 is 0 Å². The van der Waals surface area contributed by atoms with Crippen LogP contribution in [-0.4, -0.2) is 9.78 Å². The fraction of sp³-hybridized carbons (Fsp3) is 0.429. The molecule has 4 heteroatoms. The lowest BCUT2D eigenvalue weighted by atomic mass is 10.3. The molecule has 0 N–H and O–H groups in total. The Morgan fingerprint density at radius 1 is 1.82 bits per heavy atom. The minimum Gasteiger partial charge on any atom is -0.276 e. The molecule has 1 aromatic heterocycles. The Balaban J connectivity index is 2.70. The zero-order chi connectivity index (χ0) is 8.27. The summed E-state index contributed by atoms with van der Waals surface area (Å²) in [6.45, 7) is 1.99. The van der Waals surface area contributed by atoms with Gasteiger partial charge < -0.3 is 0 Å². The Hall–Kier alpha value is -0.950. The summed E-state index contributed by atoms with van der Waals surface area (Å²) in [4.78, 5) is 0. The Kier molecular flexibility index (Phi) is 2.55. The minimum absolute atomic E-state index is 0.216. The van der Waals surface area contributed by atoms with E-state index in [1.807, 2.05) is 20.2 Å². The number of thiocyanates is 1. The second-order valence-corrected chi connectivity index (χ2v) is 3.42. The van der Waals surface area contributed by atoms with Crippen LogP contribution in [0.25, 0.3) is 0 Å². The molecule has 0 radical (unpaired) electrons. The molecule has 0 spiro atoms. The molecule has 1 rings (SSSR count). The molecule has 0 aliphatic heterocycles. The predicted molar refractivity (Wildman–Crippen MR) is 44.8 cm³/mol. The van der Waals surface area contributed by atoms with Gasteiger partial charge >= 0.3 is 0 Å². The van der Waals surface area contributed by atoms with Gasteiger partial charge in [0.15, 0.2) is 0 Å². The Morgan fingerprint density at radius 3 is 3.00 bits per heavy atom. The standard InChI is InChI=1S/C7H9N3S/c1-6(11-5-8)7-3-9-10(2)4-7/h3-4,6H,1-2H3/t6-/m0/s1. The first-order valence-electron chi connectivity index (χ1n) is 3.27. The van der Waals surface area contributed by atoms with Crippen LogP contribution in [0, 0.1) is 10.7 Å². The van der Waals surface area contributed by atoms with Crippen molar-refractivity contribution in [2.24, 2.45) is 7.05 Å². The molecule has 0 bridgehead atoms. The molecule has 11 heavy (non-hydrogen) atoms. The highest BCUT2D eigenvalue weighted by molar-refractivity contribution is 8.03. The van der Waals surface area contributed by atoms with Crippen LogP contribution in [0.3, 0.4) is 0 Å². The molecule has 1 heterocycles. The summed E-state index contributed by atoms with van der Waals surface area (Å²) in [6.07, 6.45) is 3.71. The van der Waals surface area contributed by atoms with Gasteiger partial charge in [-0.3, -0.25) is 4.68 Å². The van der Waals surface area contributed by atoms with Gasteiger partial charge in [0.2, 0.25) is 0 Å². The van der Waals surface area contributed by atoms with Gasteiger partial charge in [0.05, 0.1) is 6.20 Å². The zero-order valence-electron chi connectivity index (χ0n) is 6.48. The van der Waals surface area contributed by atoms with E-state index in [1.165, 1.54) is 11.8 Å². The number of hydrogen-bond donors (Lipinski definition) is 0. The summed E-state index contributed by atoms with van der Waals surface area (Å²) < 4.78 is 1.74. The first-order chi connectivity index (χ1) is 5.24. The molecule has 0 aliphatic rings. The van der Waals surface area contributed by atoms with Gasteiger partial charge in [0.1, 0.15) is 5.40 Å². The van der Waals surface area contributed by atoms with Crippen molar-refractivity contribution in [3.63, 3.8) is 0 Å². The smallest absolute Gasteiger partial charge is 0.133 e. The summed E-state index contributed by atoms with van der Waals surface area (Å²) in [5.74, 6) is 0. The van der Waals surface area contributed by atoms with Crippen LogP contribution in [0.5, 0.6) is 0 Å². The molecule has 1 atom stereocenters. The number of rotatable bonds is 2. The maximum atomic E-state index is 8.39. The van der Waals surface area contributed by atoms with Gasteiger partial charge in [-0.2, -0.15) is 10.4 Å². The van der Waals surface area contributed by atoms with Crippen LogP contribution in [0.2, 0.25) is 0 Å². The summed E-state index contributed by atoms with van der Waals surface area (Å²) in [7, 11) is 1.87. The van der Waals surface area contributed by atoms with E-state index in [0.717, 1.165) is 5.56 Å². The van der Waals surface area contributed by atoms with Crippen molar-refractivity contribution >= 4 is 11.8 Å². The third kappa shape index (κ3) is 1.99. The van der Waals surface area contributed by atoms with Crippen LogP contribution >= 0.6 is 11.8 Å². The topological polar surface area (TPSA) is 41.6 Å². The Morgan fingerprint density at radius 2 is 2.55 bits per heavy atom. The van der Waals surface area contributed by atoms with Crippen molar-refractivity contribution in [1.29, 1.82) is 5.26 Å². The third-order valence-corrected chi connectivity index (χ3v) is 2.15. The summed E-state index contributed by atoms with van der Waals surface area (Å²) in [6, 6.07) is 0. The Bertz CT molecular complexity index is 273. The molecule has 0 amide bonds. The molecular weight excluding hydrogens is 158 g/mol. The van der Waals surface area contributed by atoms with Gasteiger partial charge in [-0.05, 0) is 18.7 Å². The molecule has 0 aliphatic carbocycles. The average Bonchev–Trinajstić information content (AvgIpc) is 2.36. The average molecular weight is 167 g/mol. The lowest BCUT2D eigenvalue weighted by Crippen LogP contribution is -1.85. The fourth-order valence-electron chi connectivity index (χ4n) is 0.797. The van der Waals surface area contributed by atoms with E-state index >= 15 is 0 Å². The highest BCUT2D eigenvalue weighted by Crippen LogP contribution is 2.25. The van der Waals surface area contributed by atoms with Gasteiger partial charge in [0.25, 0.3) is 0 Å². The van der Waals surface area contributed by atoms with E-state index in [1.54, 1.807) is 10.9 Å². The molecule has 0 aromatic carbocycles. The number of hydrogen-bond acceptors (Lipinski definition) is 3. The van der Waals surface area contributed by atoms with E-state index in [9.17, 15) is 0 Å². The molecule has 58 valence electrons. The summed E-state index contributed by atoms with van der Waals surface area (Å²) in [5, 5.41) is 14.7. The van der Waals surface area contributed by atoms with Crippen molar-refractivity contribution < 1.29 is 0 Å². The van der Waals surface area contributed by atoms with Crippen LogP contribution in [0.15, 0.2) is 12.4 Å². The highest BCUT2D eigenvalue weighted by atomic mass is 32.2. The fourth-order valence-corrected chi connectivity index (χ4v) is 1.21. The van der Waals surface area contributed by atoms with E-state index in [2.05, 4.69) is 10.5 Å².